The van der Waals surface area contributed by atoms with Crippen LogP contribution >= 0.6 is 0 Å². The summed E-state index contributed by atoms with van der Waals surface area (Å²) >= 11 is 0. The van der Waals surface area contributed by atoms with Gasteiger partial charge in [-0.05, 0) is 37.3 Å². The van der Waals surface area contributed by atoms with Gasteiger partial charge in [-0.1, -0.05) is 0 Å². The number of furan rings is 1. The Hall–Kier alpha value is -3.23. The van der Waals surface area contributed by atoms with Gasteiger partial charge in [-0.3, -0.25) is 14.5 Å². The summed E-state index contributed by atoms with van der Waals surface area (Å²) < 4.78 is 32.8. The molecule has 2 aromatic rings. The van der Waals surface area contributed by atoms with Crippen LogP contribution in [-0.4, -0.2) is 41.2 Å². The minimum absolute atomic E-state index is 0.158. The van der Waals surface area contributed by atoms with Crippen molar-refractivity contribution in [3.05, 3.63) is 59.6 Å². The zero-order valence-electron chi connectivity index (χ0n) is 14.7. The summed E-state index contributed by atoms with van der Waals surface area (Å²) in [6.07, 6.45) is 1.46. The molecule has 4 amide bonds. The zero-order chi connectivity index (χ0) is 19.8. The van der Waals surface area contributed by atoms with Gasteiger partial charge < -0.3 is 14.6 Å². The lowest BCUT2D eigenvalue weighted by Crippen LogP contribution is -2.44. The lowest BCUT2D eigenvalue weighted by Gasteiger charge is -2.23. The van der Waals surface area contributed by atoms with Crippen molar-refractivity contribution < 1.29 is 27.6 Å². The fourth-order valence-corrected chi connectivity index (χ4v) is 2.88. The van der Waals surface area contributed by atoms with Crippen molar-refractivity contribution in [1.29, 1.82) is 0 Å². The number of carbonyl (C=O) groups excluding carboxylic acids is 3. The number of likely N-dealkylation sites (N-methyl/N-ethyl adjacent to an activating group) is 1. The number of benzene rings is 1. The molecule has 2 heterocycles. The molecule has 1 aromatic heterocycles. The normalized spacial score (nSPS) is 19.3. The molecule has 0 saturated carbocycles. The molecule has 1 fully saturated rings. The lowest BCUT2D eigenvalue weighted by atomic mass is 9.91. The van der Waals surface area contributed by atoms with E-state index in [-0.39, 0.29) is 12.1 Å². The average Bonchev–Trinajstić information content (AvgIpc) is 3.20. The quantitative estimate of drug-likeness (QED) is 0.808. The number of urea groups is 1. The number of hydrogen-bond donors (Lipinski definition) is 1. The molecule has 0 unspecified atom stereocenters. The molecule has 1 aliphatic rings. The van der Waals surface area contributed by atoms with Crippen LogP contribution in [0.3, 0.4) is 0 Å². The molecule has 1 aliphatic heterocycles. The molecule has 142 valence electrons. The van der Waals surface area contributed by atoms with Gasteiger partial charge in [0.1, 0.15) is 29.5 Å². The first-order valence-electron chi connectivity index (χ1n) is 8.08. The highest BCUT2D eigenvalue weighted by Crippen LogP contribution is 2.31. The van der Waals surface area contributed by atoms with Crippen LogP contribution in [0.5, 0.6) is 0 Å². The van der Waals surface area contributed by atoms with Crippen LogP contribution in [0.1, 0.15) is 18.2 Å². The largest absolute Gasteiger partial charge is 0.467 e. The highest BCUT2D eigenvalue weighted by molar-refractivity contribution is 6.09. The minimum Gasteiger partial charge on any atom is -0.467 e. The van der Waals surface area contributed by atoms with Gasteiger partial charge in [0.05, 0.1) is 12.8 Å². The van der Waals surface area contributed by atoms with Gasteiger partial charge in [-0.15, -0.1) is 0 Å². The SMILES string of the molecule is CN(Cc1ccco1)C(=O)CN1C(=O)N[C@](C)(c2cc(F)ccc2F)C1=O. The average molecular weight is 377 g/mol. The number of nitrogens with zero attached hydrogens (tertiary/aromatic N) is 2. The minimum atomic E-state index is -1.80. The number of amides is 4. The summed E-state index contributed by atoms with van der Waals surface area (Å²) in [6.45, 7) is 0.891. The van der Waals surface area contributed by atoms with E-state index < -0.39 is 41.6 Å². The van der Waals surface area contributed by atoms with Gasteiger partial charge in [0.15, 0.2) is 0 Å². The van der Waals surface area contributed by atoms with Crippen LogP contribution in [0.25, 0.3) is 0 Å². The van der Waals surface area contributed by atoms with E-state index in [4.69, 9.17) is 4.42 Å². The summed E-state index contributed by atoms with van der Waals surface area (Å²) in [5, 5.41) is 2.35. The van der Waals surface area contributed by atoms with Gasteiger partial charge >= 0.3 is 6.03 Å². The van der Waals surface area contributed by atoms with E-state index in [1.54, 1.807) is 12.1 Å². The highest BCUT2D eigenvalue weighted by Gasteiger charge is 2.51. The van der Waals surface area contributed by atoms with Gasteiger partial charge in [0, 0.05) is 12.6 Å². The molecule has 0 radical (unpaired) electrons. The Bertz CT molecular complexity index is 900. The second-order valence-corrected chi connectivity index (χ2v) is 6.40. The van der Waals surface area contributed by atoms with E-state index in [1.807, 2.05) is 0 Å². The lowest BCUT2D eigenvalue weighted by molar-refractivity contribution is -0.138. The van der Waals surface area contributed by atoms with E-state index in [9.17, 15) is 23.2 Å². The van der Waals surface area contributed by atoms with Crippen molar-refractivity contribution in [3.8, 4) is 0 Å². The molecule has 0 bridgehead atoms. The summed E-state index contributed by atoms with van der Waals surface area (Å²) in [6, 6.07) is 5.13. The van der Waals surface area contributed by atoms with Crippen molar-refractivity contribution in [2.24, 2.45) is 0 Å². The van der Waals surface area contributed by atoms with Gasteiger partial charge in [-0.25, -0.2) is 13.6 Å². The van der Waals surface area contributed by atoms with E-state index in [1.165, 1.54) is 25.1 Å². The van der Waals surface area contributed by atoms with Gasteiger partial charge in [0.25, 0.3) is 5.91 Å². The van der Waals surface area contributed by atoms with Crippen molar-refractivity contribution in [1.82, 2.24) is 15.1 Å². The Balaban J connectivity index is 1.77. The summed E-state index contributed by atoms with van der Waals surface area (Å²) in [5.74, 6) is -2.40. The molecule has 1 N–H and O–H groups in total. The number of carbonyl (C=O) groups is 3. The standard InChI is InChI=1S/C18H17F2N3O4/c1-18(13-8-11(19)5-6-14(13)20)16(25)23(17(26)21-18)10-15(24)22(2)9-12-4-3-7-27-12/h3-8H,9-10H2,1-2H3,(H,21,26)/t18-/m1/s1. The smallest absolute Gasteiger partial charge is 0.325 e. The second-order valence-electron chi connectivity index (χ2n) is 6.40. The summed E-state index contributed by atoms with van der Waals surface area (Å²) in [7, 11) is 1.49. The molecule has 1 atom stereocenters. The third-order valence-electron chi connectivity index (χ3n) is 4.43. The zero-order valence-corrected chi connectivity index (χ0v) is 14.7. The van der Waals surface area contributed by atoms with Crippen molar-refractivity contribution in [2.75, 3.05) is 13.6 Å². The first-order valence-corrected chi connectivity index (χ1v) is 8.08. The molecule has 0 spiro atoms. The molecule has 27 heavy (non-hydrogen) atoms. The summed E-state index contributed by atoms with van der Waals surface area (Å²) in [5.41, 5.74) is -2.11. The number of rotatable bonds is 5. The molecule has 3 rings (SSSR count). The Kier molecular flexibility index (Phi) is 4.69. The van der Waals surface area contributed by atoms with Crippen molar-refractivity contribution in [2.45, 2.75) is 19.0 Å². The maximum absolute atomic E-state index is 14.1. The molecule has 0 aliphatic carbocycles. The van der Waals surface area contributed by atoms with E-state index in [0.717, 1.165) is 18.2 Å². The Morgan fingerprint density at radius 3 is 2.70 bits per heavy atom. The number of imide groups is 1. The number of halogens is 2. The van der Waals surface area contributed by atoms with Gasteiger partial charge in [0.2, 0.25) is 5.91 Å². The van der Waals surface area contributed by atoms with Crippen molar-refractivity contribution in [3.63, 3.8) is 0 Å². The first-order chi connectivity index (χ1) is 12.7. The van der Waals surface area contributed by atoms with E-state index in [0.29, 0.717) is 10.7 Å². The molecule has 7 nitrogen and oxygen atoms in total. The van der Waals surface area contributed by atoms with Crippen LogP contribution in [0, 0.1) is 11.6 Å². The van der Waals surface area contributed by atoms with Crippen LogP contribution in [0.2, 0.25) is 0 Å². The Labute approximate surface area is 153 Å². The Morgan fingerprint density at radius 1 is 1.30 bits per heavy atom. The fourth-order valence-electron chi connectivity index (χ4n) is 2.88. The number of hydrogen-bond acceptors (Lipinski definition) is 4. The second kappa shape index (κ2) is 6.82. The molecular weight excluding hydrogens is 360 g/mol. The topological polar surface area (TPSA) is 82.9 Å². The van der Waals surface area contributed by atoms with Crippen LogP contribution in [0.4, 0.5) is 13.6 Å². The number of nitrogens with one attached hydrogen (secondary N) is 1. The monoisotopic (exact) mass is 377 g/mol. The Morgan fingerprint density at radius 2 is 2.04 bits per heavy atom. The third kappa shape index (κ3) is 3.40. The van der Waals surface area contributed by atoms with E-state index in [2.05, 4.69) is 5.32 Å². The molecular formula is C18H17F2N3O4. The highest BCUT2D eigenvalue weighted by atomic mass is 19.1. The maximum atomic E-state index is 14.1. The van der Waals surface area contributed by atoms with Crippen LogP contribution in [-0.2, 0) is 21.7 Å². The molecule has 1 saturated heterocycles. The third-order valence-corrected chi connectivity index (χ3v) is 4.43. The summed E-state index contributed by atoms with van der Waals surface area (Å²) in [4.78, 5) is 39.3. The van der Waals surface area contributed by atoms with Crippen LogP contribution < -0.4 is 5.32 Å². The van der Waals surface area contributed by atoms with Crippen molar-refractivity contribution >= 4 is 17.8 Å². The molecule has 1 aromatic carbocycles. The maximum Gasteiger partial charge on any atom is 0.325 e. The van der Waals surface area contributed by atoms with E-state index >= 15 is 0 Å². The first kappa shape index (κ1) is 18.6. The predicted molar refractivity (Wildman–Crippen MR) is 89.1 cm³/mol. The van der Waals surface area contributed by atoms with Crippen LogP contribution in [0.15, 0.2) is 41.0 Å². The molecule has 9 heteroatoms. The predicted octanol–water partition coefficient (Wildman–Crippen LogP) is 1.98. The fraction of sp³-hybridized carbons (Fsp3) is 0.278. The van der Waals surface area contributed by atoms with Gasteiger partial charge in [-0.2, -0.15) is 0 Å².